The van der Waals surface area contributed by atoms with Crippen molar-refractivity contribution in [1.29, 1.82) is 0 Å². The van der Waals surface area contributed by atoms with Crippen LogP contribution in [-0.2, 0) is 16.1 Å². The lowest BCUT2D eigenvalue weighted by Gasteiger charge is -2.43. The quantitative estimate of drug-likeness (QED) is 0.669. The number of rotatable bonds is 5. The summed E-state index contributed by atoms with van der Waals surface area (Å²) in [6.45, 7) is 2.74. The smallest absolute Gasteiger partial charge is 0.275 e. The molecule has 4 rings (SSSR count). The molecule has 0 spiro atoms. The van der Waals surface area contributed by atoms with Gasteiger partial charge in [-0.3, -0.25) is 14.5 Å². The number of thiophene rings is 1. The maximum atomic E-state index is 13.4. The lowest BCUT2D eigenvalue weighted by molar-refractivity contribution is -0.126. The molecule has 1 aromatic carbocycles. The third kappa shape index (κ3) is 2.89. The van der Waals surface area contributed by atoms with Gasteiger partial charge in [-0.15, -0.1) is 11.3 Å². The van der Waals surface area contributed by atoms with E-state index in [1.54, 1.807) is 14.0 Å². The van der Waals surface area contributed by atoms with Crippen LogP contribution in [0.1, 0.15) is 17.4 Å². The highest BCUT2D eigenvalue weighted by molar-refractivity contribution is 7.16. The molecule has 3 heterocycles. The largest absolute Gasteiger partial charge is 0.383 e. The molecule has 0 fully saturated rings. The number of carbonyl (C=O) groups excluding carboxylic acids is 2. The van der Waals surface area contributed by atoms with Gasteiger partial charge < -0.3 is 14.6 Å². The minimum absolute atomic E-state index is 0.286. The van der Waals surface area contributed by atoms with Crippen molar-refractivity contribution in [1.82, 2.24) is 9.88 Å². The van der Waals surface area contributed by atoms with Gasteiger partial charge in [-0.2, -0.15) is 0 Å². The third-order valence-corrected chi connectivity index (χ3v) is 6.00. The number of hydrogen-bond donors (Lipinski definition) is 1. The van der Waals surface area contributed by atoms with Crippen LogP contribution in [0.4, 0.5) is 10.1 Å². The van der Waals surface area contributed by atoms with Crippen LogP contribution < -0.4 is 10.2 Å². The van der Waals surface area contributed by atoms with Crippen molar-refractivity contribution >= 4 is 39.1 Å². The first kappa shape index (κ1) is 18.6. The van der Waals surface area contributed by atoms with Crippen molar-refractivity contribution in [2.75, 3.05) is 25.2 Å². The van der Waals surface area contributed by atoms with Crippen molar-refractivity contribution in [2.24, 2.45) is 0 Å². The van der Waals surface area contributed by atoms with E-state index >= 15 is 0 Å². The molecule has 0 saturated carbocycles. The molecule has 1 N–H and O–H groups in total. The van der Waals surface area contributed by atoms with E-state index in [0.29, 0.717) is 31.1 Å². The van der Waals surface area contributed by atoms with Crippen LogP contribution >= 0.6 is 11.3 Å². The molecule has 1 aliphatic heterocycles. The van der Waals surface area contributed by atoms with Gasteiger partial charge in [0.05, 0.1) is 13.2 Å². The summed E-state index contributed by atoms with van der Waals surface area (Å²) >= 11 is 1.53. The fraction of sp³-hybridized carbons (Fsp3) is 0.300. The highest BCUT2D eigenvalue weighted by Gasteiger charge is 2.48. The van der Waals surface area contributed by atoms with Gasteiger partial charge >= 0.3 is 0 Å². The molecule has 0 saturated heterocycles. The molecule has 0 aliphatic carbocycles. The molecule has 2 amide bonds. The Kier molecular flexibility index (Phi) is 4.68. The molecule has 0 bridgehead atoms. The Morgan fingerprint density at radius 3 is 2.79 bits per heavy atom. The van der Waals surface area contributed by atoms with Gasteiger partial charge in [-0.05, 0) is 48.7 Å². The van der Waals surface area contributed by atoms with Gasteiger partial charge in [-0.25, -0.2) is 4.39 Å². The minimum Gasteiger partial charge on any atom is -0.383 e. The van der Waals surface area contributed by atoms with Gasteiger partial charge in [0.1, 0.15) is 21.9 Å². The number of methoxy groups -OCH3 is 1. The van der Waals surface area contributed by atoms with E-state index in [0.717, 1.165) is 10.2 Å². The van der Waals surface area contributed by atoms with Crippen LogP contribution in [-0.4, -0.2) is 42.2 Å². The fourth-order valence-corrected chi connectivity index (χ4v) is 4.55. The van der Waals surface area contributed by atoms with Crippen LogP contribution in [0.15, 0.2) is 41.8 Å². The van der Waals surface area contributed by atoms with Gasteiger partial charge in [-0.1, -0.05) is 0 Å². The number of halogens is 1. The lowest BCUT2D eigenvalue weighted by Crippen LogP contribution is -2.64. The van der Waals surface area contributed by atoms with Crippen LogP contribution in [0.2, 0.25) is 0 Å². The molecule has 1 atom stereocenters. The van der Waals surface area contributed by atoms with Crippen LogP contribution in [0.25, 0.3) is 10.2 Å². The van der Waals surface area contributed by atoms with E-state index in [2.05, 4.69) is 5.32 Å². The standard InChI is InChI=1S/C20H20FN3O3S/c1-20(19(26)22-8-9-27-2)12-23-16(11-13-7-10-28-18(13)23)17(25)24(20)15-5-3-14(21)4-6-15/h3-7,10-11H,8-9,12H2,1-2H3,(H,22,26). The highest BCUT2D eigenvalue weighted by Crippen LogP contribution is 2.37. The van der Waals surface area contributed by atoms with Crippen molar-refractivity contribution in [2.45, 2.75) is 19.0 Å². The average Bonchev–Trinajstić information content (AvgIpc) is 3.26. The fourth-order valence-electron chi connectivity index (χ4n) is 3.65. The first-order valence-electron chi connectivity index (χ1n) is 8.90. The number of hydrogen-bond acceptors (Lipinski definition) is 4. The van der Waals surface area contributed by atoms with Crippen LogP contribution in [0.5, 0.6) is 0 Å². The number of ether oxygens (including phenoxy) is 1. The van der Waals surface area contributed by atoms with E-state index in [-0.39, 0.29) is 11.8 Å². The molecule has 1 aliphatic rings. The maximum Gasteiger partial charge on any atom is 0.275 e. The predicted molar refractivity (Wildman–Crippen MR) is 106 cm³/mol. The zero-order chi connectivity index (χ0) is 19.9. The minimum atomic E-state index is -1.18. The number of benzene rings is 1. The maximum absolute atomic E-state index is 13.4. The number of aromatic nitrogens is 1. The monoisotopic (exact) mass is 401 g/mol. The summed E-state index contributed by atoms with van der Waals surface area (Å²) < 4.78 is 20.4. The van der Waals surface area contributed by atoms with E-state index in [1.165, 1.54) is 40.5 Å². The Morgan fingerprint density at radius 2 is 2.07 bits per heavy atom. The molecule has 28 heavy (non-hydrogen) atoms. The van der Waals surface area contributed by atoms with Crippen molar-refractivity contribution < 1.29 is 18.7 Å². The summed E-state index contributed by atoms with van der Waals surface area (Å²) in [7, 11) is 1.56. The summed E-state index contributed by atoms with van der Waals surface area (Å²) in [5.41, 5.74) is -0.175. The lowest BCUT2D eigenvalue weighted by atomic mass is 9.94. The molecular formula is C20H20FN3O3S. The molecule has 8 heteroatoms. The predicted octanol–water partition coefficient (Wildman–Crippen LogP) is 3.02. The zero-order valence-corrected chi connectivity index (χ0v) is 16.4. The highest BCUT2D eigenvalue weighted by atomic mass is 32.1. The number of carbonyl (C=O) groups is 2. The van der Waals surface area contributed by atoms with Crippen LogP contribution in [0.3, 0.4) is 0 Å². The summed E-state index contributed by atoms with van der Waals surface area (Å²) in [6, 6.07) is 9.42. The van der Waals surface area contributed by atoms with E-state index in [9.17, 15) is 14.0 Å². The molecule has 1 unspecified atom stereocenters. The van der Waals surface area contributed by atoms with Crippen molar-refractivity contribution in [3.63, 3.8) is 0 Å². The first-order valence-corrected chi connectivity index (χ1v) is 9.78. The number of amides is 2. The van der Waals surface area contributed by atoms with Gasteiger partial charge in [0, 0.05) is 24.7 Å². The number of nitrogens with one attached hydrogen (secondary N) is 1. The van der Waals surface area contributed by atoms with Crippen molar-refractivity contribution in [3.8, 4) is 0 Å². The Labute approximate surface area is 165 Å². The summed E-state index contributed by atoms with van der Waals surface area (Å²) in [6.07, 6.45) is 0. The molecule has 0 radical (unpaired) electrons. The molecule has 3 aromatic rings. The second kappa shape index (κ2) is 7.03. The molecular weight excluding hydrogens is 381 g/mol. The second-order valence-corrected chi connectivity index (χ2v) is 7.83. The number of fused-ring (bicyclic) bond motifs is 3. The van der Waals surface area contributed by atoms with E-state index in [1.807, 2.05) is 22.1 Å². The topological polar surface area (TPSA) is 63.6 Å². The second-order valence-electron chi connectivity index (χ2n) is 6.94. The first-order chi connectivity index (χ1) is 13.5. The number of nitrogens with zero attached hydrogens (tertiary/aromatic N) is 2. The Bertz CT molecular complexity index is 1040. The van der Waals surface area contributed by atoms with Crippen molar-refractivity contribution in [3.05, 3.63) is 53.3 Å². The SMILES string of the molecule is COCCNC(=O)C1(C)Cn2c(cc3ccsc32)C(=O)N1c1ccc(F)cc1. The third-order valence-electron chi connectivity index (χ3n) is 5.05. The summed E-state index contributed by atoms with van der Waals surface area (Å²) in [4.78, 5) is 29.0. The normalized spacial score (nSPS) is 19.1. The summed E-state index contributed by atoms with van der Waals surface area (Å²) in [5.74, 6) is -0.972. The van der Waals surface area contributed by atoms with E-state index in [4.69, 9.17) is 4.74 Å². The van der Waals surface area contributed by atoms with Gasteiger partial charge in [0.2, 0.25) is 5.91 Å². The molecule has 6 nitrogen and oxygen atoms in total. The van der Waals surface area contributed by atoms with Gasteiger partial charge in [0.15, 0.2) is 0 Å². The molecule has 146 valence electrons. The number of anilines is 1. The van der Waals surface area contributed by atoms with E-state index < -0.39 is 11.4 Å². The van der Waals surface area contributed by atoms with Gasteiger partial charge in [0.25, 0.3) is 5.91 Å². The average molecular weight is 401 g/mol. The molecule has 2 aromatic heterocycles. The Morgan fingerprint density at radius 1 is 1.32 bits per heavy atom. The van der Waals surface area contributed by atoms with Crippen LogP contribution in [0, 0.1) is 5.82 Å². The summed E-state index contributed by atoms with van der Waals surface area (Å²) in [5, 5.41) is 5.78. The Hall–Kier alpha value is -2.71. The Balaban J connectivity index is 1.82. The zero-order valence-electron chi connectivity index (χ0n) is 15.6.